The number of nitrogens with two attached hydrogens (primary N) is 1. The molecule has 0 aromatic rings. The van der Waals surface area contributed by atoms with Gasteiger partial charge in [-0.15, -0.1) is 0 Å². The van der Waals surface area contributed by atoms with Crippen LogP contribution in [0.1, 0.15) is 27.7 Å². The summed E-state index contributed by atoms with van der Waals surface area (Å²) in [6, 6.07) is 1.15. The monoisotopic (exact) mass is 199 g/mol. The van der Waals surface area contributed by atoms with Crippen molar-refractivity contribution in [3.63, 3.8) is 0 Å². The molecule has 0 aliphatic carbocycles. The van der Waals surface area contributed by atoms with Crippen LogP contribution in [0.25, 0.3) is 0 Å². The molecule has 3 heteroatoms. The first kappa shape index (κ1) is 12.0. The van der Waals surface area contributed by atoms with Crippen molar-refractivity contribution in [2.24, 2.45) is 5.73 Å². The minimum Gasteiger partial charge on any atom is -0.329 e. The average molecular weight is 199 g/mol. The molecule has 1 fully saturated rings. The van der Waals surface area contributed by atoms with Crippen LogP contribution in [-0.2, 0) is 0 Å². The third-order valence-corrected chi connectivity index (χ3v) is 3.25. The Morgan fingerprint density at radius 1 is 1.29 bits per heavy atom. The number of likely N-dealkylation sites (N-methyl/N-ethyl adjacent to an activating group) is 1. The van der Waals surface area contributed by atoms with E-state index in [1.807, 2.05) is 0 Å². The van der Waals surface area contributed by atoms with Gasteiger partial charge in [-0.3, -0.25) is 9.80 Å². The fourth-order valence-corrected chi connectivity index (χ4v) is 2.40. The van der Waals surface area contributed by atoms with Crippen LogP contribution in [0, 0.1) is 0 Å². The zero-order chi connectivity index (χ0) is 10.9. The van der Waals surface area contributed by atoms with Crippen LogP contribution >= 0.6 is 0 Å². The maximum Gasteiger partial charge on any atom is 0.0343 e. The van der Waals surface area contributed by atoms with Gasteiger partial charge < -0.3 is 5.73 Å². The highest BCUT2D eigenvalue weighted by molar-refractivity contribution is 4.91. The molecular formula is C11H25N3. The Labute approximate surface area is 88.2 Å². The Hall–Kier alpha value is -0.120. The van der Waals surface area contributed by atoms with Crippen molar-refractivity contribution >= 4 is 0 Å². The van der Waals surface area contributed by atoms with Gasteiger partial charge in [0.25, 0.3) is 0 Å². The van der Waals surface area contributed by atoms with E-state index in [2.05, 4.69) is 44.5 Å². The molecule has 1 saturated heterocycles. The normalized spacial score (nSPS) is 32.1. The predicted octanol–water partition coefficient (Wildman–Crippen LogP) is 0.748. The molecule has 0 bridgehead atoms. The maximum absolute atomic E-state index is 5.78. The van der Waals surface area contributed by atoms with Gasteiger partial charge in [-0.2, -0.15) is 0 Å². The standard InChI is InChI=1S/C11H25N3/c1-9-7-13(5)10(6-12)8-14(9)11(2,3)4/h9-10H,6-8,12H2,1-5H3. The van der Waals surface area contributed by atoms with E-state index in [0.29, 0.717) is 12.1 Å². The summed E-state index contributed by atoms with van der Waals surface area (Å²) >= 11 is 0. The van der Waals surface area contributed by atoms with Crippen LogP contribution in [0.4, 0.5) is 0 Å². The van der Waals surface area contributed by atoms with E-state index in [1.165, 1.54) is 0 Å². The largest absolute Gasteiger partial charge is 0.329 e. The molecule has 3 nitrogen and oxygen atoms in total. The lowest BCUT2D eigenvalue weighted by atomic mass is 9.98. The fourth-order valence-electron chi connectivity index (χ4n) is 2.40. The third-order valence-electron chi connectivity index (χ3n) is 3.25. The molecule has 0 radical (unpaired) electrons. The van der Waals surface area contributed by atoms with Crippen molar-refractivity contribution in [2.45, 2.75) is 45.3 Å². The first-order valence-corrected chi connectivity index (χ1v) is 5.53. The number of rotatable bonds is 1. The summed E-state index contributed by atoms with van der Waals surface area (Å²) in [7, 11) is 2.17. The van der Waals surface area contributed by atoms with Gasteiger partial charge in [-0.25, -0.2) is 0 Å². The molecule has 2 atom stereocenters. The topological polar surface area (TPSA) is 32.5 Å². The number of hydrogen-bond donors (Lipinski definition) is 1. The Bertz CT molecular complexity index is 185. The Morgan fingerprint density at radius 3 is 2.29 bits per heavy atom. The summed E-state index contributed by atoms with van der Waals surface area (Å²) in [6.07, 6.45) is 0. The van der Waals surface area contributed by atoms with Crippen molar-refractivity contribution in [1.82, 2.24) is 9.80 Å². The molecule has 0 saturated carbocycles. The van der Waals surface area contributed by atoms with Crippen LogP contribution in [0.5, 0.6) is 0 Å². The molecule has 0 amide bonds. The van der Waals surface area contributed by atoms with Gasteiger partial charge in [0.15, 0.2) is 0 Å². The van der Waals surface area contributed by atoms with Gasteiger partial charge in [0, 0.05) is 37.3 Å². The molecule has 0 aromatic carbocycles. The van der Waals surface area contributed by atoms with E-state index in [-0.39, 0.29) is 5.54 Å². The van der Waals surface area contributed by atoms with Crippen molar-refractivity contribution in [1.29, 1.82) is 0 Å². The molecule has 0 spiro atoms. The lowest BCUT2D eigenvalue weighted by Crippen LogP contribution is -2.62. The smallest absolute Gasteiger partial charge is 0.0343 e. The van der Waals surface area contributed by atoms with Crippen molar-refractivity contribution in [3.8, 4) is 0 Å². The van der Waals surface area contributed by atoms with E-state index in [4.69, 9.17) is 5.73 Å². The van der Waals surface area contributed by atoms with Gasteiger partial charge in [0.05, 0.1) is 0 Å². The summed E-state index contributed by atoms with van der Waals surface area (Å²) in [4.78, 5) is 4.94. The second-order valence-electron chi connectivity index (χ2n) is 5.50. The molecule has 2 N–H and O–H groups in total. The van der Waals surface area contributed by atoms with Gasteiger partial charge >= 0.3 is 0 Å². The molecule has 14 heavy (non-hydrogen) atoms. The Balaban J connectivity index is 2.69. The first-order chi connectivity index (χ1) is 6.36. The number of nitrogens with zero attached hydrogens (tertiary/aromatic N) is 2. The van der Waals surface area contributed by atoms with Gasteiger partial charge in [-0.1, -0.05) is 0 Å². The summed E-state index contributed by atoms with van der Waals surface area (Å²) in [6.45, 7) is 12.1. The van der Waals surface area contributed by atoms with Crippen LogP contribution < -0.4 is 5.73 Å². The van der Waals surface area contributed by atoms with Crippen molar-refractivity contribution < 1.29 is 0 Å². The number of piperazine rings is 1. The second kappa shape index (κ2) is 4.17. The zero-order valence-electron chi connectivity index (χ0n) is 10.2. The van der Waals surface area contributed by atoms with E-state index < -0.39 is 0 Å². The van der Waals surface area contributed by atoms with Crippen LogP contribution in [0.2, 0.25) is 0 Å². The fraction of sp³-hybridized carbons (Fsp3) is 1.00. The Kier molecular flexibility index (Phi) is 3.56. The summed E-state index contributed by atoms with van der Waals surface area (Å²) in [5.74, 6) is 0. The van der Waals surface area contributed by atoms with Gasteiger partial charge in [0.2, 0.25) is 0 Å². The first-order valence-electron chi connectivity index (χ1n) is 5.53. The predicted molar refractivity (Wildman–Crippen MR) is 61.4 cm³/mol. The molecule has 2 unspecified atom stereocenters. The lowest BCUT2D eigenvalue weighted by molar-refractivity contribution is -0.00280. The molecule has 1 heterocycles. The molecule has 1 aliphatic rings. The minimum atomic E-state index is 0.258. The SMILES string of the molecule is CC1CN(C)C(CN)CN1C(C)(C)C. The lowest BCUT2D eigenvalue weighted by Gasteiger charge is -2.49. The van der Waals surface area contributed by atoms with E-state index in [9.17, 15) is 0 Å². The quantitative estimate of drug-likeness (QED) is 0.676. The molecule has 1 rings (SSSR count). The van der Waals surface area contributed by atoms with Crippen LogP contribution in [-0.4, -0.2) is 54.1 Å². The summed E-state index contributed by atoms with van der Waals surface area (Å²) in [5.41, 5.74) is 6.03. The van der Waals surface area contributed by atoms with E-state index >= 15 is 0 Å². The Morgan fingerprint density at radius 2 is 1.86 bits per heavy atom. The highest BCUT2D eigenvalue weighted by Crippen LogP contribution is 2.22. The van der Waals surface area contributed by atoms with Crippen LogP contribution in [0.3, 0.4) is 0 Å². The maximum atomic E-state index is 5.78. The minimum absolute atomic E-state index is 0.258. The number of hydrogen-bond acceptors (Lipinski definition) is 3. The van der Waals surface area contributed by atoms with Gasteiger partial charge in [0.1, 0.15) is 0 Å². The van der Waals surface area contributed by atoms with Crippen molar-refractivity contribution in [2.75, 3.05) is 26.7 Å². The van der Waals surface area contributed by atoms with Gasteiger partial charge in [-0.05, 0) is 34.7 Å². The second-order valence-corrected chi connectivity index (χ2v) is 5.50. The summed E-state index contributed by atoms with van der Waals surface area (Å²) in [5, 5.41) is 0. The highest BCUT2D eigenvalue weighted by Gasteiger charge is 2.34. The van der Waals surface area contributed by atoms with Crippen molar-refractivity contribution in [3.05, 3.63) is 0 Å². The third kappa shape index (κ3) is 2.47. The molecule has 84 valence electrons. The average Bonchev–Trinajstić information content (AvgIpc) is 2.02. The van der Waals surface area contributed by atoms with E-state index in [0.717, 1.165) is 19.6 Å². The summed E-state index contributed by atoms with van der Waals surface area (Å²) < 4.78 is 0. The highest BCUT2D eigenvalue weighted by atomic mass is 15.3. The molecular weight excluding hydrogens is 174 g/mol. The zero-order valence-corrected chi connectivity index (χ0v) is 10.2. The molecule has 0 aromatic heterocycles. The molecule has 1 aliphatic heterocycles. The van der Waals surface area contributed by atoms with E-state index in [1.54, 1.807) is 0 Å². The van der Waals surface area contributed by atoms with Crippen LogP contribution in [0.15, 0.2) is 0 Å².